The molecule has 0 unspecified atom stereocenters. The summed E-state index contributed by atoms with van der Waals surface area (Å²) >= 11 is 7.34. The number of aromatic nitrogens is 3. The first-order valence-electron chi connectivity index (χ1n) is 8.41. The number of anilines is 1. The van der Waals surface area contributed by atoms with Crippen molar-refractivity contribution in [2.75, 3.05) is 30.6 Å². The lowest BCUT2D eigenvalue weighted by Crippen LogP contribution is -2.34. The highest BCUT2D eigenvalue weighted by atomic mass is 35.5. The Hall–Kier alpha value is -2.27. The molecule has 29 heavy (non-hydrogen) atoms. The van der Waals surface area contributed by atoms with Crippen molar-refractivity contribution in [3.63, 3.8) is 0 Å². The first-order chi connectivity index (χ1) is 13.7. The fourth-order valence-corrected chi connectivity index (χ4v) is 3.39. The topological polar surface area (TPSA) is 72.6 Å². The van der Waals surface area contributed by atoms with Crippen LogP contribution in [0, 0.1) is 0 Å². The molecule has 12 heteroatoms. The van der Waals surface area contributed by atoms with E-state index >= 15 is 0 Å². The van der Waals surface area contributed by atoms with Gasteiger partial charge in [0.15, 0.2) is 10.9 Å². The Kier molecular flexibility index (Phi) is 8.32. The fourth-order valence-electron chi connectivity index (χ4n) is 2.27. The van der Waals surface area contributed by atoms with E-state index in [1.54, 1.807) is 30.7 Å². The highest BCUT2D eigenvalue weighted by Gasteiger charge is 2.26. The van der Waals surface area contributed by atoms with Crippen LogP contribution in [0.15, 0.2) is 35.9 Å². The lowest BCUT2D eigenvalue weighted by molar-refractivity contribution is -0.134. The molecule has 2 aromatic heterocycles. The number of hydrogen-bond acceptors (Lipinski definition) is 6. The number of thioether (sulfide) groups is 1. The Bertz CT molecular complexity index is 845. The summed E-state index contributed by atoms with van der Waals surface area (Å²) in [7, 11) is 2.79. The molecule has 0 spiro atoms. The molecule has 2 rings (SSSR count). The molecular formula is C17H19ClF3N5O2S. The van der Waals surface area contributed by atoms with E-state index in [2.05, 4.69) is 15.2 Å². The third-order valence-corrected chi connectivity index (χ3v) is 4.99. The molecule has 2 aromatic rings. The molecule has 0 saturated heterocycles. The zero-order valence-electron chi connectivity index (χ0n) is 15.7. The van der Waals surface area contributed by atoms with Gasteiger partial charge in [-0.25, -0.2) is 4.68 Å². The average Bonchev–Trinajstić information content (AvgIpc) is 3.07. The van der Waals surface area contributed by atoms with Crippen LogP contribution in [0.3, 0.4) is 0 Å². The van der Waals surface area contributed by atoms with Crippen molar-refractivity contribution in [1.82, 2.24) is 14.8 Å². The molecule has 7 nitrogen and oxygen atoms in total. The normalized spacial score (nSPS) is 12.1. The van der Waals surface area contributed by atoms with Gasteiger partial charge in [-0.15, -0.1) is 0 Å². The van der Waals surface area contributed by atoms with Crippen molar-refractivity contribution in [1.29, 1.82) is 0 Å². The van der Waals surface area contributed by atoms with Crippen LogP contribution < -0.4 is 4.90 Å². The SMILES string of the molecule is CO/N=C(/CSCCCC(F)(F)F)C(=O)N(C)c1cn(-c2cccnc2)nc1Cl. The van der Waals surface area contributed by atoms with Gasteiger partial charge in [0.1, 0.15) is 12.8 Å². The zero-order valence-corrected chi connectivity index (χ0v) is 17.3. The summed E-state index contributed by atoms with van der Waals surface area (Å²) in [4.78, 5) is 22.7. The zero-order chi connectivity index (χ0) is 21.4. The van der Waals surface area contributed by atoms with Crippen molar-refractivity contribution < 1.29 is 22.8 Å². The Morgan fingerprint density at radius 3 is 2.83 bits per heavy atom. The third kappa shape index (κ3) is 6.93. The Balaban J connectivity index is 2.04. The Labute approximate surface area is 174 Å². The quantitative estimate of drug-likeness (QED) is 0.329. The summed E-state index contributed by atoms with van der Waals surface area (Å²) in [5.41, 5.74) is 1.05. The molecule has 0 saturated carbocycles. The number of carbonyl (C=O) groups is 1. The van der Waals surface area contributed by atoms with E-state index in [1.165, 1.54) is 35.5 Å². The van der Waals surface area contributed by atoms with Gasteiger partial charge in [0.2, 0.25) is 0 Å². The molecule has 158 valence electrons. The van der Waals surface area contributed by atoms with E-state index < -0.39 is 18.5 Å². The molecule has 0 aliphatic rings. The molecule has 0 radical (unpaired) electrons. The van der Waals surface area contributed by atoms with E-state index in [0.29, 0.717) is 11.4 Å². The van der Waals surface area contributed by atoms with Crippen LogP contribution in [0.5, 0.6) is 0 Å². The minimum Gasteiger partial charge on any atom is -0.399 e. The van der Waals surface area contributed by atoms with Crippen LogP contribution in [0.25, 0.3) is 5.69 Å². The predicted octanol–water partition coefficient (Wildman–Crippen LogP) is 3.96. The second kappa shape index (κ2) is 10.5. The number of nitrogens with zero attached hydrogens (tertiary/aromatic N) is 5. The molecule has 1 amide bonds. The number of alkyl halides is 3. The van der Waals surface area contributed by atoms with Crippen molar-refractivity contribution >= 4 is 40.7 Å². The van der Waals surface area contributed by atoms with Gasteiger partial charge in [-0.3, -0.25) is 9.78 Å². The Morgan fingerprint density at radius 2 is 2.21 bits per heavy atom. The number of oxime groups is 1. The summed E-state index contributed by atoms with van der Waals surface area (Å²) in [6, 6.07) is 3.51. The van der Waals surface area contributed by atoms with E-state index in [9.17, 15) is 18.0 Å². The predicted molar refractivity (Wildman–Crippen MR) is 107 cm³/mol. The molecule has 0 N–H and O–H groups in total. The summed E-state index contributed by atoms with van der Waals surface area (Å²) in [5.74, 6) is -0.162. The van der Waals surface area contributed by atoms with Gasteiger partial charge in [0.25, 0.3) is 5.91 Å². The van der Waals surface area contributed by atoms with Crippen molar-refractivity contribution in [3.8, 4) is 5.69 Å². The number of carbonyl (C=O) groups excluding carboxylic acids is 1. The third-order valence-electron chi connectivity index (χ3n) is 3.66. The maximum atomic E-state index is 12.8. The maximum Gasteiger partial charge on any atom is 0.389 e. The number of halogens is 4. The van der Waals surface area contributed by atoms with Gasteiger partial charge >= 0.3 is 6.18 Å². The molecule has 0 atom stereocenters. The molecule has 0 fully saturated rings. The van der Waals surface area contributed by atoms with Crippen molar-refractivity contribution in [2.24, 2.45) is 5.16 Å². The van der Waals surface area contributed by atoms with Gasteiger partial charge in [-0.1, -0.05) is 16.8 Å². The first-order valence-corrected chi connectivity index (χ1v) is 9.94. The summed E-state index contributed by atoms with van der Waals surface area (Å²) in [6.07, 6.45) is -0.325. The molecule has 0 aliphatic carbocycles. The van der Waals surface area contributed by atoms with Crippen LogP contribution in [-0.2, 0) is 9.63 Å². The minimum atomic E-state index is -4.19. The van der Waals surface area contributed by atoms with Crippen LogP contribution in [-0.4, -0.2) is 58.2 Å². The van der Waals surface area contributed by atoms with Crippen LogP contribution in [0.2, 0.25) is 5.15 Å². The second-order valence-corrected chi connectivity index (χ2v) is 7.28. The standard InChI is InChI=1S/C17H19ClF3N5O2S/c1-25(14-10-26(23-15(14)18)12-5-3-7-22-9-12)16(27)13(24-28-2)11-29-8-4-6-17(19,20)21/h3,5,7,9-10H,4,6,8,11H2,1-2H3/b24-13-. The van der Waals surface area contributed by atoms with Crippen LogP contribution in [0.4, 0.5) is 18.9 Å². The number of pyridine rings is 1. The summed E-state index contributed by atoms with van der Waals surface area (Å²) in [6.45, 7) is 0. The molecule has 2 heterocycles. The van der Waals surface area contributed by atoms with Crippen LogP contribution in [0.1, 0.15) is 12.8 Å². The smallest absolute Gasteiger partial charge is 0.389 e. The highest BCUT2D eigenvalue weighted by molar-refractivity contribution is 8.00. The van der Waals surface area contributed by atoms with Gasteiger partial charge in [0, 0.05) is 25.4 Å². The minimum absolute atomic E-state index is 0.0395. The fraction of sp³-hybridized carbons (Fsp3) is 0.412. The van der Waals surface area contributed by atoms with Gasteiger partial charge in [-0.2, -0.15) is 30.0 Å². The number of amides is 1. The first kappa shape index (κ1) is 23.0. The Morgan fingerprint density at radius 1 is 1.45 bits per heavy atom. The highest BCUT2D eigenvalue weighted by Crippen LogP contribution is 2.26. The lowest BCUT2D eigenvalue weighted by atomic mass is 10.3. The molecular weight excluding hydrogens is 431 g/mol. The number of rotatable bonds is 9. The average molecular weight is 450 g/mol. The molecule has 0 aliphatic heterocycles. The summed E-state index contributed by atoms with van der Waals surface area (Å²) in [5, 5.41) is 7.97. The van der Waals surface area contributed by atoms with E-state index in [0.717, 1.165) is 0 Å². The second-order valence-electron chi connectivity index (χ2n) is 5.82. The van der Waals surface area contributed by atoms with E-state index in [4.69, 9.17) is 16.4 Å². The van der Waals surface area contributed by atoms with Crippen LogP contribution >= 0.6 is 23.4 Å². The summed E-state index contributed by atoms with van der Waals surface area (Å²) < 4.78 is 38.1. The van der Waals surface area contributed by atoms with E-state index in [-0.39, 0.29) is 28.8 Å². The van der Waals surface area contributed by atoms with Gasteiger partial charge in [0.05, 0.1) is 18.1 Å². The maximum absolute atomic E-state index is 12.8. The number of hydrogen-bond donors (Lipinski definition) is 0. The lowest BCUT2D eigenvalue weighted by Gasteiger charge is -2.16. The van der Waals surface area contributed by atoms with Crippen molar-refractivity contribution in [3.05, 3.63) is 35.9 Å². The largest absolute Gasteiger partial charge is 0.399 e. The van der Waals surface area contributed by atoms with E-state index in [1.807, 2.05) is 0 Å². The molecule has 0 aromatic carbocycles. The molecule has 0 bridgehead atoms. The van der Waals surface area contributed by atoms with Gasteiger partial charge < -0.3 is 9.74 Å². The monoisotopic (exact) mass is 449 g/mol. The van der Waals surface area contributed by atoms with Gasteiger partial charge in [-0.05, 0) is 24.3 Å². The van der Waals surface area contributed by atoms with Crippen molar-refractivity contribution in [2.45, 2.75) is 19.0 Å².